The van der Waals surface area contributed by atoms with Crippen molar-refractivity contribution in [3.05, 3.63) is 0 Å². The Morgan fingerprint density at radius 2 is 1.39 bits per heavy atom. The molecule has 7 N–H and O–H groups in total. The Morgan fingerprint density at radius 3 is 1.85 bits per heavy atom. The van der Waals surface area contributed by atoms with Crippen LogP contribution in [0.15, 0.2) is 0 Å². The molecule has 0 unspecified atom stereocenters. The predicted molar refractivity (Wildman–Crippen MR) is 131 cm³/mol. The second-order valence-corrected chi connectivity index (χ2v) is 9.72. The molecule has 0 aliphatic heterocycles. The smallest absolute Gasteiger partial charge is 0.312 e. The number of carbonyl (C=O) groups excluding carboxylic acids is 4. The molecule has 0 rings (SSSR count). The van der Waals surface area contributed by atoms with E-state index in [0.717, 1.165) is 0 Å². The summed E-state index contributed by atoms with van der Waals surface area (Å²) < 4.78 is 0. The van der Waals surface area contributed by atoms with Gasteiger partial charge in [-0.05, 0) is 18.8 Å². The number of primary amides is 1. The van der Waals surface area contributed by atoms with Gasteiger partial charge in [0.15, 0.2) is 5.78 Å². The summed E-state index contributed by atoms with van der Waals surface area (Å²) in [6.07, 6.45) is 0.837. The Hall–Kier alpha value is -2.20. The highest BCUT2D eigenvalue weighted by molar-refractivity contribution is 5.94. The molecule has 0 aromatic carbocycles. The van der Waals surface area contributed by atoms with E-state index in [1.165, 1.54) is 0 Å². The number of ketones is 1. The zero-order valence-corrected chi connectivity index (χ0v) is 21.6. The van der Waals surface area contributed by atoms with E-state index in [2.05, 4.69) is 26.6 Å². The molecule has 10 heteroatoms. The summed E-state index contributed by atoms with van der Waals surface area (Å²) in [5, 5.41) is 14.6. The third-order valence-corrected chi connectivity index (χ3v) is 5.03. The minimum Gasteiger partial charge on any atom is -0.352 e. The lowest BCUT2D eigenvalue weighted by molar-refractivity contribution is -0.133. The Kier molecular flexibility index (Phi) is 14.6. The van der Waals surface area contributed by atoms with Crippen LogP contribution < -0.4 is 32.3 Å². The van der Waals surface area contributed by atoms with Crippen LogP contribution in [0, 0.1) is 11.8 Å². The fraction of sp³-hybridized carbons (Fsp3) is 0.826. The van der Waals surface area contributed by atoms with E-state index >= 15 is 0 Å². The summed E-state index contributed by atoms with van der Waals surface area (Å²) in [5.74, 6) is -1.23. The average Bonchev–Trinajstić information content (AvgIpc) is 2.69. The first kappa shape index (κ1) is 30.8. The number of rotatable bonds is 16. The molecule has 0 heterocycles. The Morgan fingerprint density at radius 1 is 0.788 bits per heavy atom. The average molecular weight is 471 g/mol. The first-order valence-electron chi connectivity index (χ1n) is 11.9. The number of hydrogen-bond acceptors (Lipinski definition) is 6. The molecule has 0 spiro atoms. The maximum Gasteiger partial charge on any atom is 0.312 e. The van der Waals surface area contributed by atoms with Crippen molar-refractivity contribution in [1.29, 1.82) is 0 Å². The lowest BCUT2D eigenvalue weighted by atomic mass is 9.96. The van der Waals surface area contributed by atoms with E-state index in [1.54, 1.807) is 13.8 Å². The zero-order valence-electron chi connectivity index (χ0n) is 21.6. The second-order valence-electron chi connectivity index (χ2n) is 9.72. The van der Waals surface area contributed by atoms with Gasteiger partial charge in [0.2, 0.25) is 11.8 Å². The molecule has 0 aliphatic rings. The van der Waals surface area contributed by atoms with Gasteiger partial charge < -0.3 is 32.3 Å². The van der Waals surface area contributed by atoms with Crippen LogP contribution in [0.25, 0.3) is 0 Å². The lowest BCUT2D eigenvalue weighted by Gasteiger charge is -2.28. The van der Waals surface area contributed by atoms with Crippen LogP contribution in [0.3, 0.4) is 0 Å². The Labute approximate surface area is 199 Å². The van der Waals surface area contributed by atoms with Gasteiger partial charge in [0.1, 0.15) is 6.04 Å². The maximum atomic E-state index is 13.1. The van der Waals surface area contributed by atoms with Gasteiger partial charge in [-0.1, -0.05) is 55.4 Å². The third-order valence-electron chi connectivity index (χ3n) is 5.03. The first-order valence-corrected chi connectivity index (χ1v) is 11.9. The standard InChI is InChI=1S/C23H46N6O4/c1-13(2)19(29-21(31)18(27-16(7)8)12-26-15(5)6)22(32)28-17(20(30)14(3)4)10-9-11-25-23(24)33/h13-19,26-27H,9-12H2,1-8H3,(H,28,32)(H,29,31)(H3,24,25,33)/t17-,18-,19-/m0/s1. The molecule has 10 nitrogen and oxygen atoms in total. The molecule has 0 saturated heterocycles. The van der Waals surface area contributed by atoms with Crippen molar-refractivity contribution >= 4 is 23.6 Å². The highest BCUT2D eigenvalue weighted by Gasteiger charge is 2.31. The third kappa shape index (κ3) is 13.2. The van der Waals surface area contributed by atoms with Crippen LogP contribution in [-0.2, 0) is 14.4 Å². The number of Topliss-reactive ketones (excluding diaryl/α,β-unsaturated/α-hetero) is 1. The molecule has 33 heavy (non-hydrogen) atoms. The van der Waals surface area contributed by atoms with Gasteiger partial charge in [0.25, 0.3) is 0 Å². The van der Waals surface area contributed by atoms with Crippen molar-refractivity contribution in [2.75, 3.05) is 13.1 Å². The van der Waals surface area contributed by atoms with Gasteiger partial charge in [-0.25, -0.2) is 4.79 Å². The van der Waals surface area contributed by atoms with Gasteiger partial charge >= 0.3 is 6.03 Å². The van der Waals surface area contributed by atoms with Crippen molar-refractivity contribution < 1.29 is 19.2 Å². The SMILES string of the molecule is CC(C)NC[C@H](NC(C)C)C(=O)N[C@H](C(=O)N[C@@H](CCCNC(N)=O)C(=O)C(C)C)C(C)C. The van der Waals surface area contributed by atoms with E-state index < -0.39 is 30.1 Å². The molecule has 0 radical (unpaired) electrons. The summed E-state index contributed by atoms with van der Waals surface area (Å²) in [6.45, 7) is 15.9. The van der Waals surface area contributed by atoms with Crippen molar-refractivity contribution in [3.8, 4) is 0 Å². The number of hydrogen-bond donors (Lipinski definition) is 6. The van der Waals surface area contributed by atoms with Crippen molar-refractivity contribution in [3.63, 3.8) is 0 Å². The molecule has 0 fully saturated rings. The number of amides is 4. The molecule has 4 amide bonds. The van der Waals surface area contributed by atoms with Crippen molar-refractivity contribution in [2.24, 2.45) is 17.6 Å². The summed E-state index contributed by atoms with van der Waals surface area (Å²) in [5.41, 5.74) is 5.07. The summed E-state index contributed by atoms with van der Waals surface area (Å²) >= 11 is 0. The highest BCUT2D eigenvalue weighted by atomic mass is 16.2. The lowest BCUT2D eigenvalue weighted by Crippen LogP contribution is -2.59. The van der Waals surface area contributed by atoms with Crippen molar-refractivity contribution in [1.82, 2.24) is 26.6 Å². The molecule has 0 aromatic heterocycles. The topological polar surface area (TPSA) is 154 Å². The molecule has 192 valence electrons. The molecule has 0 aromatic rings. The fourth-order valence-corrected chi connectivity index (χ4v) is 3.24. The van der Waals surface area contributed by atoms with E-state index in [-0.39, 0.29) is 35.6 Å². The molecule has 0 aliphatic carbocycles. The zero-order chi connectivity index (χ0) is 25.7. The number of carbonyl (C=O) groups is 4. The van der Waals surface area contributed by atoms with Crippen LogP contribution in [0.1, 0.15) is 68.2 Å². The Balaban J connectivity index is 5.33. The summed E-state index contributed by atoms with van der Waals surface area (Å²) in [4.78, 5) is 49.6. The predicted octanol–water partition coefficient (Wildman–Crippen LogP) is 0.650. The second kappa shape index (κ2) is 15.6. The van der Waals surface area contributed by atoms with Crippen LogP contribution in [0.5, 0.6) is 0 Å². The van der Waals surface area contributed by atoms with Crippen molar-refractivity contribution in [2.45, 2.75) is 98.4 Å². The summed E-state index contributed by atoms with van der Waals surface area (Å²) in [7, 11) is 0. The Bertz CT molecular complexity index is 636. The minimum atomic E-state index is -0.792. The molecular weight excluding hydrogens is 424 g/mol. The van der Waals surface area contributed by atoms with E-state index in [1.807, 2.05) is 41.5 Å². The van der Waals surface area contributed by atoms with E-state index in [9.17, 15) is 19.2 Å². The number of nitrogens with two attached hydrogens (primary N) is 1. The van der Waals surface area contributed by atoms with Crippen LogP contribution in [0.2, 0.25) is 0 Å². The van der Waals surface area contributed by atoms with Gasteiger partial charge in [0.05, 0.1) is 12.1 Å². The van der Waals surface area contributed by atoms with Crippen LogP contribution in [0.4, 0.5) is 4.79 Å². The van der Waals surface area contributed by atoms with E-state index in [0.29, 0.717) is 25.9 Å². The van der Waals surface area contributed by atoms with Gasteiger partial charge in [0, 0.05) is 31.1 Å². The van der Waals surface area contributed by atoms with Crippen LogP contribution in [-0.4, -0.2) is 66.9 Å². The van der Waals surface area contributed by atoms with Gasteiger partial charge in [-0.2, -0.15) is 0 Å². The molecule has 0 bridgehead atoms. The maximum absolute atomic E-state index is 13.1. The summed E-state index contributed by atoms with van der Waals surface area (Å²) in [6, 6.07) is -2.34. The highest BCUT2D eigenvalue weighted by Crippen LogP contribution is 2.09. The fourth-order valence-electron chi connectivity index (χ4n) is 3.24. The molecular formula is C23H46N6O4. The molecule has 3 atom stereocenters. The quantitative estimate of drug-likeness (QED) is 0.182. The largest absolute Gasteiger partial charge is 0.352 e. The molecule has 0 saturated carbocycles. The normalized spacial score (nSPS) is 14.3. The van der Waals surface area contributed by atoms with Gasteiger partial charge in [-0.15, -0.1) is 0 Å². The monoisotopic (exact) mass is 470 g/mol. The number of urea groups is 1. The van der Waals surface area contributed by atoms with Crippen LogP contribution >= 0.6 is 0 Å². The van der Waals surface area contributed by atoms with Gasteiger partial charge in [-0.3, -0.25) is 14.4 Å². The number of nitrogens with one attached hydrogen (secondary N) is 5. The van der Waals surface area contributed by atoms with E-state index in [4.69, 9.17) is 5.73 Å². The first-order chi connectivity index (χ1) is 15.3. The minimum absolute atomic E-state index is 0.0862.